The first-order valence-corrected chi connectivity index (χ1v) is 10.5. The summed E-state index contributed by atoms with van der Waals surface area (Å²) in [6.45, 7) is 2.14. The average molecular weight is 367 g/mol. The van der Waals surface area contributed by atoms with Crippen molar-refractivity contribution in [3.05, 3.63) is 53.5 Å². The lowest BCUT2D eigenvalue weighted by atomic mass is 9.90. The number of benzene rings is 2. The molecule has 4 heteroatoms. The molecule has 1 N–H and O–H groups in total. The van der Waals surface area contributed by atoms with Gasteiger partial charge in [-0.3, -0.25) is 0 Å². The topological polar surface area (TPSA) is 36.4 Å². The lowest BCUT2D eigenvalue weighted by Gasteiger charge is -2.34. The van der Waals surface area contributed by atoms with Crippen LogP contribution in [-0.4, -0.2) is 23.2 Å². The summed E-state index contributed by atoms with van der Waals surface area (Å²) in [7, 11) is 0. The van der Waals surface area contributed by atoms with Crippen molar-refractivity contribution in [2.24, 2.45) is 5.92 Å². The number of nitrogens with zero attached hydrogens (tertiary/aromatic N) is 2. The van der Waals surface area contributed by atoms with Crippen molar-refractivity contribution < 1.29 is 5.11 Å². The molecule has 1 saturated heterocycles. The fourth-order valence-electron chi connectivity index (χ4n) is 4.04. The average Bonchev–Trinajstić information content (AvgIpc) is 3.14. The maximum atomic E-state index is 10.0. The third-order valence-electron chi connectivity index (χ3n) is 5.53. The fraction of sp³-hybridized carbons (Fsp3) is 0.409. The van der Waals surface area contributed by atoms with E-state index >= 15 is 0 Å². The Labute approximate surface area is 159 Å². The Balaban J connectivity index is 1.27. The van der Waals surface area contributed by atoms with Crippen LogP contribution in [0.1, 0.15) is 37.7 Å². The molecule has 1 aromatic heterocycles. The van der Waals surface area contributed by atoms with Gasteiger partial charge in [-0.25, -0.2) is 4.98 Å². The Hall–Kier alpha value is -2.07. The summed E-state index contributed by atoms with van der Waals surface area (Å²) < 4.78 is 1.07. The predicted octanol–water partition coefficient (Wildman–Crippen LogP) is 5.63. The molecule has 26 heavy (non-hydrogen) atoms. The first kappa shape index (κ1) is 17.3. The Morgan fingerprint density at radius 3 is 2.69 bits per heavy atom. The van der Waals surface area contributed by atoms with Crippen LogP contribution in [-0.2, 0) is 6.42 Å². The van der Waals surface area contributed by atoms with Crippen LogP contribution in [0.15, 0.2) is 48.0 Å². The molecule has 0 unspecified atom stereocenters. The van der Waals surface area contributed by atoms with Gasteiger partial charge < -0.3 is 10.0 Å². The number of rotatable bonds is 6. The molecular weight excluding hydrogens is 340 g/mol. The molecule has 2 heterocycles. The largest absolute Gasteiger partial charge is 0.508 e. The van der Waals surface area contributed by atoms with Crippen molar-refractivity contribution in [1.29, 1.82) is 0 Å². The van der Waals surface area contributed by atoms with Gasteiger partial charge in [0.15, 0.2) is 0 Å². The number of phenols is 1. The number of aryl methyl sites for hydroxylation is 1. The molecule has 0 radical (unpaired) electrons. The first-order valence-electron chi connectivity index (χ1n) is 9.64. The molecule has 3 nitrogen and oxygen atoms in total. The third kappa shape index (κ3) is 4.01. The van der Waals surface area contributed by atoms with Crippen LogP contribution in [0.2, 0.25) is 0 Å². The molecule has 3 aromatic rings. The Bertz CT molecular complexity index is 838. The molecule has 1 fully saturated rings. The molecule has 0 saturated carbocycles. The van der Waals surface area contributed by atoms with E-state index in [1.54, 1.807) is 11.3 Å². The van der Waals surface area contributed by atoms with Crippen molar-refractivity contribution >= 4 is 27.2 Å². The highest BCUT2D eigenvalue weighted by atomic mass is 32.1. The zero-order chi connectivity index (χ0) is 17.8. The van der Waals surface area contributed by atoms with E-state index < -0.39 is 0 Å². The Kier molecular flexibility index (Phi) is 5.40. The van der Waals surface area contributed by atoms with E-state index in [9.17, 15) is 5.11 Å². The molecule has 1 aliphatic rings. The van der Waals surface area contributed by atoms with Crippen molar-refractivity contribution in [3.63, 3.8) is 0 Å². The zero-order valence-electron chi connectivity index (χ0n) is 15.1. The van der Waals surface area contributed by atoms with Crippen LogP contribution >= 0.6 is 11.3 Å². The van der Waals surface area contributed by atoms with Gasteiger partial charge in [-0.15, -0.1) is 11.3 Å². The van der Waals surface area contributed by atoms with Crippen LogP contribution in [0.5, 0.6) is 5.75 Å². The van der Waals surface area contributed by atoms with Crippen LogP contribution in [0.3, 0.4) is 0 Å². The quantitative estimate of drug-likeness (QED) is 0.574. The minimum atomic E-state index is 0.347. The van der Waals surface area contributed by atoms with Crippen molar-refractivity contribution in [2.45, 2.75) is 38.5 Å². The minimum absolute atomic E-state index is 0.347. The van der Waals surface area contributed by atoms with Gasteiger partial charge in [-0.1, -0.05) is 43.2 Å². The molecule has 0 atom stereocenters. The van der Waals surface area contributed by atoms with E-state index in [1.165, 1.54) is 44.1 Å². The number of phenolic OH excluding ortho intramolecular Hbond substituents is 1. The Morgan fingerprint density at radius 2 is 1.88 bits per heavy atom. The van der Waals surface area contributed by atoms with Gasteiger partial charge >= 0.3 is 0 Å². The summed E-state index contributed by atoms with van der Waals surface area (Å²) in [4.78, 5) is 6.91. The molecular formula is C22H26N2OS. The molecule has 4 rings (SSSR count). The summed E-state index contributed by atoms with van der Waals surface area (Å²) in [5.74, 6) is 1.19. The molecule has 1 aliphatic heterocycles. The second-order valence-electron chi connectivity index (χ2n) is 7.33. The Morgan fingerprint density at radius 1 is 1.08 bits per heavy atom. The molecule has 0 amide bonds. The number of hydrogen-bond acceptors (Lipinski definition) is 4. The van der Waals surface area contributed by atoms with E-state index in [2.05, 4.69) is 40.2 Å². The standard InChI is InChI=1S/C22H26N2OS/c25-19-14-20(22-21(15-19)26-16-23-22)24-12-10-18(11-13-24)9-5-4-8-17-6-2-1-3-7-17/h1-3,6-7,14-16,18,25H,4-5,8-13H2. The molecule has 136 valence electrons. The number of aromatic nitrogens is 1. The lowest BCUT2D eigenvalue weighted by molar-refractivity contribution is 0.369. The third-order valence-corrected chi connectivity index (χ3v) is 6.30. The van der Waals surface area contributed by atoms with Gasteiger partial charge in [0, 0.05) is 19.2 Å². The van der Waals surface area contributed by atoms with Crippen LogP contribution < -0.4 is 4.90 Å². The second-order valence-corrected chi connectivity index (χ2v) is 8.21. The monoisotopic (exact) mass is 366 g/mol. The minimum Gasteiger partial charge on any atom is -0.508 e. The zero-order valence-corrected chi connectivity index (χ0v) is 15.9. The SMILES string of the molecule is Oc1cc(N2CCC(CCCCc3ccccc3)CC2)c2ncsc2c1. The van der Waals surface area contributed by atoms with Gasteiger partial charge in [0.25, 0.3) is 0 Å². The smallest absolute Gasteiger partial charge is 0.119 e. The van der Waals surface area contributed by atoms with Gasteiger partial charge in [0.1, 0.15) is 11.3 Å². The summed E-state index contributed by atoms with van der Waals surface area (Å²) in [5, 5.41) is 10.0. The number of piperidine rings is 1. The summed E-state index contributed by atoms with van der Waals surface area (Å²) in [5.41, 5.74) is 5.46. The van der Waals surface area contributed by atoms with E-state index in [4.69, 9.17) is 0 Å². The number of fused-ring (bicyclic) bond motifs is 1. The maximum absolute atomic E-state index is 10.0. The summed E-state index contributed by atoms with van der Waals surface area (Å²) in [6, 6.07) is 14.5. The number of aromatic hydroxyl groups is 1. The van der Waals surface area contributed by atoms with Gasteiger partial charge in [0.05, 0.1) is 15.9 Å². The van der Waals surface area contributed by atoms with E-state index in [0.717, 1.165) is 34.9 Å². The number of thiazole rings is 1. The van der Waals surface area contributed by atoms with Gasteiger partial charge in [-0.2, -0.15) is 0 Å². The maximum Gasteiger partial charge on any atom is 0.119 e. The highest BCUT2D eigenvalue weighted by Gasteiger charge is 2.21. The van der Waals surface area contributed by atoms with E-state index in [-0.39, 0.29) is 0 Å². The summed E-state index contributed by atoms with van der Waals surface area (Å²) >= 11 is 1.59. The highest BCUT2D eigenvalue weighted by molar-refractivity contribution is 7.16. The summed E-state index contributed by atoms with van der Waals surface area (Å²) in [6.07, 6.45) is 7.63. The van der Waals surface area contributed by atoms with Gasteiger partial charge in [0.2, 0.25) is 0 Å². The fourth-order valence-corrected chi connectivity index (χ4v) is 4.77. The van der Waals surface area contributed by atoms with E-state index in [0.29, 0.717) is 5.75 Å². The molecule has 2 aromatic carbocycles. The number of unbranched alkanes of at least 4 members (excludes halogenated alkanes) is 1. The highest BCUT2D eigenvalue weighted by Crippen LogP contribution is 2.35. The predicted molar refractivity (Wildman–Crippen MR) is 110 cm³/mol. The van der Waals surface area contributed by atoms with Gasteiger partial charge in [-0.05, 0) is 43.2 Å². The molecule has 0 spiro atoms. The second kappa shape index (κ2) is 8.09. The molecule has 0 bridgehead atoms. The molecule has 0 aliphatic carbocycles. The first-order chi connectivity index (χ1) is 12.8. The number of anilines is 1. The normalized spacial score (nSPS) is 15.6. The van der Waals surface area contributed by atoms with E-state index in [1.807, 2.05) is 17.6 Å². The lowest BCUT2D eigenvalue weighted by Crippen LogP contribution is -2.33. The van der Waals surface area contributed by atoms with Crippen LogP contribution in [0, 0.1) is 5.92 Å². The van der Waals surface area contributed by atoms with Crippen molar-refractivity contribution in [3.8, 4) is 5.75 Å². The van der Waals surface area contributed by atoms with Crippen LogP contribution in [0.4, 0.5) is 5.69 Å². The van der Waals surface area contributed by atoms with Crippen molar-refractivity contribution in [1.82, 2.24) is 4.98 Å². The van der Waals surface area contributed by atoms with Crippen LogP contribution in [0.25, 0.3) is 10.2 Å². The van der Waals surface area contributed by atoms with Crippen molar-refractivity contribution in [2.75, 3.05) is 18.0 Å². The number of hydrogen-bond donors (Lipinski definition) is 1.